The number of halogens is 4. The van der Waals surface area contributed by atoms with E-state index in [1.807, 2.05) is 0 Å². The van der Waals surface area contributed by atoms with Crippen LogP contribution in [0, 0.1) is 0 Å². The van der Waals surface area contributed by atoms with E-state index in [-0.39, 0.29) is 24.5 Å². The quantitative estimate of drug-likeness (QED) is 0.901. The summed E-state index contributed by atoms with van der Waals surface area (Å²) in [5.74, 6) is -0.442. The zero-order valence-electron chi connectivity index (χ0n) is 10.5. The first-order chi connectivity index (χ1) is 8.09. The average Bonchev–Trinajstić information content (AvgIpc) is 2.24. The molecule has 3 N–H and O–H groups in total. The Morgan fingerprint density at radius 1 is 1.21 bits per heavy atom. The maximum atomic E-state index is 12.3. The minimum Gasteiger partial charge on any atom is -0.350 e. The highest BCUT2D eigenvalue weighted by Crippen LogP contribution is 2.28. The molecule has 0 saturated carbocycles. The Morgan fingerprint density at radius 3 is 2.05 bits per heavy atom. The molecule has 0 heterocycles. The van der Waals surface area contributed by atoms with Gasteiger partial charge in [-0.1, -0.05) is 0 Å². The van der Waals surface area contributed by atoms with E-state index in [4.69, 9.17) is 5.73 Å². The first-order valence-electron chi connectivity index (χ1n) is 5.34. The third-order valence-electron chi connectivity index (χ3n) is 2.18. The normalized spacial score (nSPS) is 11.7. The van der Waals surface area contributed by atoms with E-state index >= 15 is 0 Å². The molecule has 3 nitrogen and oxygen atoms in total. The van der Waals surface area contributed by atoms with E-state index in [9.17, 15) is 18.0 Å². The lowest BCUT2D eigenvalue weighted by atomic mass is 10.1. The van der Waals surface area contributed by atoms with Crippen LogP contribution in [0.3, 0.4) is 0 Å². The van der Waals surface area contributed by atoms with Gasteiger partial charge in [-0.15, -0.1) is 12.4 Å². The van der Waals surface area contributed by atoms with Gasteiger partial charge < -0.3 is 11.1 Å². The van der Waals surface area contributed by atoms with Crippen LogP contribution >= 0.6 is 12.4 Å². The molecule has 0 atom stereocenters. The molecule has 0 radical (unpaired) electrons. The molecule has 1 aromatic carbocycles. The van der Waals surface area contributed by atoms with Gasteiger partial charge in [0.1, 0.15) is 0 Å². The molecule has 0 aromatic heterocycles. The molecule has 0 aliphatic carbocycles. The summed E-state index contributed by atoms with van der Waals surface area (Å²) in [5.41, 5.74) is 4.51. The van der Waals surface area contributed by atoms with Crippen LogP contribution < -0.4 is 11.1 Å². The number of benzene rings is 1. The zero-order chi connectivity index (χ0) is 14.0. The first-order valence-corrected chi connectivity index (χ1v) is 5.34. The van der Waals surface area contributed by atoms with Crippen LogP contribution in [0.5, 0.6) is 0 Å². The van der Waals surface area contributed by atoms with Crippen LogP contribution in [0.1, 0.15) is 29.8 Å². The third-order valence-corrected chi connectivity index (χ3v) is 2.18. The van der Waals surface area contributed by atoms with E-state index in [0.717, 1.165) is 24.3 Å². The van der Waals surface area contributed by atoms with Gasteiger partial charge in [0, 0.05) is 17.6 Å². The minimum absolute atomic E-state index is 0. The maximum absolute atomic E-state index is 12.3. The number of hydrogen-bond acceptors (Lipinski definition) is 2. The van der Waals surface area contributed by atoms with E-state index in [1.54, 1.807) is 13.8 Å². The van der Waals surface area contributed by atoms with Gasteiger partial charge in [0.2, 0.25) is 0 Å². The summed E-state index contributed by atoms with van der Waals surface area (Å²) in [7, 11) is 0. The van der Waals surface area contributed by atoms with E-state index in [0.29, 0.717) is 0 Å². The average molecular weight is 297 g/mol. The molecule has 1 rings (SSSR count). The summed E-state index contributed by atoms with van der Waals surface area (Å²) in [5, 5.41) is 2.55. The van der Waals surface area contributed by atoms with Gasteiger partial charge in [-0.25, -0.2) is 0 Å². The summed E-state index contributed by atoms with van der Waals surface area (Å²) < 4.78 is 36.9. The number of hydrogen-bond donors (Lipinski definition) is 2. The second-order valence-corrected chi connectivity index (χ2v) is 4.75. The van der Waals surface area contributed by atoms with Gasteiger partial charge in [-0.05, 0) is 38.1 Å². The molecule has 19 heavy (non-hydrogen) atoms. The lowest BCUT2D eigenvalue weighted by Crippen LogP contribution is -2.45. The molecule has 108 valence electrons. The first kappa shape index (κ1) is 17.7. The summed E-state index contributed by atoms with van der Waals surface area (Å²) in [6.45, 7) is 3.72. The fourth-order valence-electron chi connectivity index (χ4n) is 1.22. The van der Waals surface area contributed by atoms with E-state index < -0.39 is 23.2 Å². The number of carbonyl (C=O) groups is 1. The van der Waals surface area contributed by atoms with Crippen molar-refractivity contribution in [3.63, 3.8) is 0 Å². The maximum Gasteiger partial charge on any atom is 0.416 e. The molecule has 0 aliphatic heterocycles. The lowest BCUT2D eigenvalue weighted by Gasteiger charge is -2.18. The molecule has 0 bridgehead atoms. The molecular weight excluding hydrogens is 281 g/mol. The van der Waals surface area contributed by atoms with Crippen LogP contribution in [0.25, 0.3) is 0 Å². The SMILES string of the molecule is CC(C)(N)CNC(=O)c1ccc(C(F)(F)F)cc1.Cl. The topological polar surface area (TPSA) is 55.1 Å². The predicted molar refractivity (Wildman–Crippen MR) is 69.3 cm³/mol. The molecule has 0 unspecified atom stereocenters. The van der Waals surface area contributed by atoms with Crippen molar-refractivity contribution in [1.29, 1.82) is 0 Å². The number of nitrogens with two attached hydrogens (primary N) is 1. The smallest absolute Gasteiger partial charge is 0.350 e. The van der Waals surface area contributed by atoms with Crippen molar-refractivity contribution in [1.82, 2.24) is 5.32 Å². The lowest BCUT2D eigenvalue weighted by molar-refractivity contribution is -0.137. The van der Waals surface area contributed by atoms with Crippen LogP contribution in [0.15, 0.2) is 24.3 Å². The van der Waals surface area contributed by atoms with Crippen molar-refractivity contribution in [3.05, 3.63) is 35.4 Å². The second-order valence-electron chi connectivity index (χ2n) is 4.75. The van der Waals surface area contributed by atoms with Gasteiger partial charge in [-0.3, -0.25) is 4.79 Å². The van der Waals surface area contributed by atoms with Crippen molar-refractivity contribution in [3.8, 4) is 0 Å². The van der Waals surface area contributed by atoms with Crippen molar-refractivity contribution >= 4 is 18.3 Å². The van der Waals surface area contributed by atoms with Crippen LogP contribution in [-0.4, -0.2) is 18.0 Å². The Balaban J connectivity index is 0.00000324. The molecule has 7 heteroatoms. The van der Waals surface area contributed by atoms with Gasteiger partial charge in [0.15, 0.2) is 0 Å². The van der Waals surface area contributed by atoms with Gasteiger partial charge in [0.05, 0.1) is 5.56 Å². The van der Waals surface area contributed by atoms with Crippen molar-refractivity contribution in [2.24, 2.45) is 5.73 Å². The third kappa shape index (κ3) is 5.94. The number of carbonyl (C=O) groups excluding carboxylic acids is 1. The van der Waals surface area contributed by atoms with Gasteiger partial charge in [-0.2, -0.15) is 13.2 Å². The fourth-order valence-corrected chi connectivity index (χ4v) is 1.22. The largest absolute Gasteiger partial charge is 0.416 e. The Hall–Kier alpha value is -1.27. The van der Waals surface area contributed by atoms with E-state index in [1.165, 1.54) is 0 Å². The standard InChI is InChI=1S/C12H15F3N2O.ClH/c1-11(2,16)7-17-10(18)8-3-5-9(6-4-8)12(13,14)15;/h3-6H,7,16H2,1-2H3,(H,17,18);1H. The summed E-state index contributed by atoms with van der Waals surface area (Å²) in [6.07, 6.45) is -4.39. The highest BCUT2D eigenvalue weighted by Gasteiger charge is 2.30. The monoisotopic (exact) mass is 296 g/mol. The Morgan fingerprint density at radius 2 is 1.68 bits per heavy atom. The highest BCUT2D eigenvalue weighted by molar-refractivity contribution is 5.94. The molecule has 0 aliphatic rings. The van der Waals surface area contributed by atoms with Crippen molar-refractivity contribution in [2.45, 2.75) is 25.6 Å². The predicted octanol–water partition coefficient (Wildman–Crippen LogP) is 2.59. The van der Waals surface area contributed by atoms with Crippen molar-refractivity contribution in [2.75, 3.05) is 6.54 Å². The molecular formula is C12H16ClF3N2O. The summed E-state index contributed by atoms with van der Waals surface area (Å²) >= 11 is 0. The van der Waals surface area contributed by atoms with Crippen LogP contribution in [-0.2, 0) is 6.18 Å². The number of alkyl halides is 3. The van der Waals surface area contributed by atoms with Gasteiger partial charge in [0.25, 0.3) is 5.91 Å². The summed E-state index contributed by atoms with van der Waals surface area (Å²) in [4.78, 5) is 11.6. The highest BCUT2D eigenvalue weighted by atomic mass is 35.5. The number of nitrogens with one attached hydrogen (secondary N) is 1. The molecule has 1 amide bonds. The zero-order valence-corrected chi connectivity index (χ0v) is 11.4. The Kier molecular flexibility index (Phi) is 5.83. The van der Waals surface area contributed by atoms with Crippen molar-refractivity contribution < 1.29 is 18.0 Å². The minimum atomic E-state index is -4.39. The van der Waals surface area contributed by atoms with E-state index in [2.05, 4.69) is 5.32 Å². The number of amides is 1. The Labute approximate surface area is 115 Å². The molecule has 1 aromatic rings. The number of rotatable bonds is 3. The molecule has 0 fully saturated rings. The van der Waals surface area contributed by atoms with Crippen LogP contribution in [0.4, 0.5) is 13.2 Å². The molecule has 0 spiro atoms. The Bertz CT molecular complexity index is 424. The fraction of sp³-hybridized carbons (Fsp3) is 0.417. The summed E-state index contributed by atoms with van der Waals surface area (Å²) in [6, 6.07) is 4.04. The van der Waals surface area contributed by atoms with Gasteiger partial charge >= 0.3 is 6.18 Å². The van der Waals surface area contributed by atoms with Crippen LogP contribution in [0.2, 0.25) is 0 Å². The second kappa shape index (κ2) is 6.25. The molecule has 0 saturated heterocycles.